The maximum Gasteiger partial charge on any atom is 0.233 e. The first kappa shape index (κ1) is 22.3. The fourth-order valence-corrected chi connectivity index (χ4v) is 5.07. The Morgan fingerprint density at radius 3 is 2.44 bits per heavy atom. The number of anilines is 1. The number of nitrogens with zero attached hydrogens (tertiary/aromatic N) is 5. The highest BCUT2D eigenvalue weighted by atomic mass is 32.2. The van der Waals surface area contributed by atoms with Gasteiger partial charge in [0, 0.05) is 31.9 Å². The quantitative estimate of drug-likeness (QED) is 0.372. The number of amides is 1. The van der Waals surface area contributed by atoms with Crippen LogP contribution in [0, 0.1) is 6.92 Å². The molecule has 2 aromatic heterocycles. The van der Waals surface area contributed by atoms with Gasteiger partial charge in [-0.25, -0.2) is 0 Å². The summed E-state index contributed by atoms with van der Waals surface area (Å²) in [6, 6.07) is 22.3. The van der Waals surface area contributed by atoms with Gasteiger partial charge in [0.1, 0.15) is 0 Å². The highest BCUT2D eigenvalue weighted by molar-refractivity contribution is 7.99. The Balaban J connectivity index is 1.24. The normalized spacial score (nSPS) is 13.9. The molecule has 0 bridgehead atoms. The summed E-state index contributed by atoms with van der Waals surface area (Å²) in [7, 11) is 0. The van der Waals surface area contributed by atoms with Crippen LogP contribution in [0.4, 0.5) is 5.69 Å². The first-order valence-electron chi connectivity index (χ1n) is 11.4. The van der Waals surface area contributed by atoms with Crippen LogP contribution >= 0.6 is 11.8 Å². The van der Waals surface area contributed by atoms with Gasteiger partial charge < -0.3 is 14.2 Å². The summed E-state index contributed by atoms with van der Waals surface area (Å²) < 4.78 is 7.59. The number of hydrogen-bond acceptors (Lipinski definition) is 6. The Labute approximate surface area is 203 Å². The van der Waals surface area contributed by atoms with Crippen LogP contribution in [0.1, 0.15) is 11.1 Å². The van der Waals surface area contributed by atoms with Gasteiger partial charge in [-0.2, -0.15) is 0 Å². The van der Waals surface area contributed by atoms with Gasteiger partial charge in [-0.15, -0.1) is 10.2 Å². The lowest BCUT2D eigenvalue weighted by Gasteiger charge is -2.36. The number of aryl methyl sites for hydroxylation is 1. The average Bonchev–Trinajstić information content (AvgIpc) is 3.54. The molecule has 0 N–H and O–H groups in total. The van der Waals surface area contributed by atoms with Crippen LogP contribution in [0.25, 0.3) is 11.6 Å². The maximum absolute atomic E-state index is 13.0. The first-order chi connectivity index (χ1) is 16.7. The molecule has 1 amide bonds. The predicted octanol–water partition coefficient (Wildman–Crippen LogP) is 4.34. The summed E-state index contributed by atoms with van der Waals surface area (Å²) in [4.78, 5) is 17.3. The standard InChI is InChI=1S/C26H27N5O2S/c1-20-8-5-6-11-22(20)29-13-15-30(16-14-29)24(32)19-34-26-28-27-25(23-12-7-17-33-23)31(26)18-21-9-3-2-4-10-21/h2-12,17H,13-16,18-19H2,1H3. The van der Waals surface area contributed by atoms with Crippen LogP contribution < -0.4 is 4.90 Å². The number of carbonyl (C=O) groups excluding carboxylic acids is 1. The number of furan rings is 1. The number of hydrogen-bond donors (Lipinski definition) is 0. The minimum Gasteiger partial charge on any atom is -0.461 e. The highest BCUT2D eigenvalue weighted by Gasteiger charge is 2.23. The topological polar surface area (TPSA) is 67.4 Å². The zero-order chi connectivity index (χ0) is 23.3. The maximum atomic E-state index is 13.0. The van der Waals surface area contributed by atoms with Gasteiger partial charge in [0.25, 0.3) is 0 Å². The molecule has 1 fully saturated rings. The highest BCUT2D eigenvalue weighted by Crippen LogP contribution is 2.26. The first-order valence-corrected chi connectivity index (χ1v) is 12.4. The summed E-state index contributed by atoms with van der Waals surface area (Å²) in [5.41, 5.74) is 3.65. The summed E-state index contributed by atoms with van der Waals surface area (Å²) in [5.74, 6) is 1.78. The van der Waals surface area contributed by atoms with E-state index in [-0.39, 0.29) is 5.91 Å². The minimum atomic E-state index is 0.128. The van der Waals surface area contributed by atoms with Crippen molar-refractivity contribution in [1.82, 2.24) is 19.7 Å². The molecule has 5 rings (SSSR count). The number of carbonyl (C=O) groups is 1. The number of rotatable bonds is 7. The third-order valence-corrected chi connectivity index (χ3v) is 7.01. The molecule has 4 aromatic rings. The van der Waals surface area contributed by atoms with E-state index in [4.69, 9.17) is 4.42 Å². The molecule has 3 heterocycles. The van der Waals surface area contributed by atoms with Gasteiger partial charge in [0.15, 0.2) is 10.9 Å². The van der Waals surface area contributed by atoms with Crippen LogP contribution in [0.2, 0.25) is 0 Å². The molecule has 8 heteroatoms. The van der Waals surface area contributed by atoms with Crippen molar-refractivity contribution in [2.45, 2.75) is 18.6 Å². The average molecular weight is 474 g/mol. The SMILES string of the molecule is Cc1ccccc1N1CCN(C(=O)CSc2nnc(-c3ccco3)n2Cc2ccccc2)CC1. The van der Waals surface area contributed by atoms with E-state index in [1.54, 1.807) is 6.26 Å². The molecule has 174 valence electrons. The Bertz CT molecular complexity index is 1230. The molecule has 1 saturated heterocycles. The van der Waals surface area contributed by atoms with Gasteiger partial charge in [0.05, 0.1) is 18.6 Å². The third-order valence-electron chi connectivity index (χ3n) is 6.06. The summed E-state index contributed by atoms with van der Waals surface area (Å²) in [5, 5.41) is 9.46. The molecule has 0 radical (unpaired) electrons. The molecule has 0 aliphatic carbocycles. The number of thioether (sulfide) groups is 1. The minimum absolute atomic E-state index is 0.128. The number of para-hydroxylation sites is 1. The Morgan fingerprint density at radius 1 is 0.941 bits per heavy atom. The van der Waals surface area contributed by atoms with E-state index < -0.39 is 0 Å². The smallest absolute Gasteiger partial charge is 0.233 e. The molecule has 0 atom stereocenters. The molecule has 0 spiro atoms. The van der Waals surface area contributed by atoms with Crippen LogP contribution in [-0.2, 0) is 11.3 Å². The molecular formula is C26H27N5O2S. The van der Waals surface area contributed by atoms with Crippen molar-refractivity contribution in [2.24, 2.45) is 0 Å². The lowest BCUT2D eigenvalue weighted by atomic mass is 10.1. The van der Waals surface area contributed by atoms with Crippen LogP contribution in [-0.4, -0.2) is 57.5 Å². The second-order valence-corrected chi connectivity index (χ2v) is 9.24. The van der Waals surface area contributed by atoms with E-state index in [1.165, 1.54) is 23.0 Å². The lowest BCUT2D eigenvalue weighted by Crippen LogP contribution is -2.49. The van der Waals surface area contributed by atoms with Crippen molar-refractivity contribution < 1.29 is 9.21 Å². The fraction of sp³-hybridized carbons (Fsp3) is 0.269. The van der Waals surface area contributed by atoms with Crippen LogP contribution in [0.15, 0.2) is 82.6 Å². The number of benzene rings is 2. The van der Waals surface area contributed by atoms with Crippen LogP contribution in [0.3, 0.4) is 0 Å². The number of aromatic nitrogens is 3. The molecular weight excluding hydrogens is 446 g/mol. The van der Waals surface area contributed by atoms with Crippen LogP contribution in [0.5, 0.6) is 0 Å². The summed E-state index contributed by atoms with van der Waals surface area (Å²) >= 11 is 1.43. The monoisotopic (exact) mass is 473 g/mol. The third kappa shape index (κ3) is 4.87. The molecule has 1 aliphatic heterocycles. The largest absolute Gasteiger partial charge is 0.461 e. The van der Waals surface area contributed by atoms with E-state index >= 15 is 0 Å². The van der Waals surface area contributed by atoms with E-state index in [1.807, 2.05) is 39.8 Å². The summed E-state index contributed by atoms with van der Waals surface area (Å²) in [6.07, 6.45) is 1.63. The Morgan fingerprint density at radius 2 is 1.71 bits per heavy atom. The molecule has 2 aromatic carbocycles. The second-order valence-electron chi connectivity index (χ2n) is 8.30. The van der Waals surface area contributed by atoms with Gasteiger partial charge in [-0.3, -0.25) is 9.36 Å². The van der Waals surface area contributed by atoms with Gasteiger partial charge in [0.2, 0.25) is 11.7 Å². The number of piperazine rings is 1. The lowest BCUT2D eigenvalue weighted by molar-refractivity contribution is -0.128. The fourth-order valence-electron chi connectivity index (χ4n) is 4.22. The molecule has 0 saturated carbocycles. The van der Waals surface area contributed by atoms with Gasteiger partial charge >= 0.3 is 0 Å². The predicted molar refractivity (Wildman–Crippen MR) is 134 cm³/mol. The van der Waals surface area contributed by atoms with Gasteiger partial charge in [-0.05, 0) is 36.2 Å². The van der Waals surface area contributed by atoms with Gasteiger partial charge in [-0.1, -0.05) is 60.3 Å². The summed E-state index contributed by atoms with van der Waals surface area (Å²) in [6.45, 7) is 5.87. The van der Waals surface area contributed by atoms with Crippen molar-refractivity contribution in [2.75, 3.05) is 36.8 Å². The van der Waals surface area contributed by atoms with Crippen molar-refractivity contribution >= 4 is 23.4 Å². The Hall–Kier alpha value is -3.52. The zero-order valence-electron chi connectivity index (χ0n) is 19.1. The second kappa shape index (κ2) is 10.2. The van der Waals surface area contributed by atoms with Crippen molar-refractivity contribution in [1.29, 1.82) is 0 Å². The van der Waals surface area contributed by atoms with E-state index in [0.717, 1.165) is 31.7 Å². The molecule has 7 nitrogen and oxygen atoms in total. The Kier molecular flexibility index (Phi) is 6.67. The zero-order valence-corrected chi connectivity index (χ0v) is 19.9. The molecule has 0 unspecified atom stereocenters. The van der Waals surface area contributed by atoms with Crippen molar-refractivity contribution in [3.05, 3.63) is 84.1 Å². The van der Waals surface area contributed by atoms with E-state index in [0.29, 0.717) is 29.0 Å². The molecule has 34 heavy (non-hydrogen) atoms. The van der Waals surface area contributed by atoms with Crippen molar-refractivity contribution in [3.8, 4) is 11.6 Å². The van der Waals surface area contributed by atoms with E-state index in [9.17, 15) is 4.79 Å². The van der Waals surface area contributed by atoms with Crippen molar-refractivity contribution in [3.63, 3.8) is 0 Å². The molecule has 1 aliphatic rings. The van der Waals surface area contributed by atoms with E-state index in [2.05, 4.69) is 58.4 Å².